The van der Waals surface area contributed by atoms with Gasteiger partial charge in [-0.05, 0) is 62.9 Å². The van der Waals surface area contributed by atoms with Gasteiger partial charge in [0, 0.05) is 12.4 Å². The number of fused-ring (bicyclic) bond motifs is 1. The van der Waals surface area contributed by atoms with Crippen LogP contribution in [0.1, 0.15) is 48.5 Å². The molecule has 2 heterocycles. The number of carboxylic acid groups (broad SMARTS) is 1. The van der Waals surface area contributed by atoms with Crippen molar-refractivity contribution in [3.05, 3.63) is 34.5 Å². The van der Waals surface area contributed by atoms with E-state index in [9.17, 15) is 9.90 Å². The number of hydrogen-bond acceptors (Lipinski definition) is 2. The van der Waals surface area contributed by atoms with Crippen molar-refractivity contribution in [1.82, 2.24) is 9.47 Å². The van der Waals surface area contributed by atoms with Crippen LogP contribution in [0.15, 0.2) is 18.2 Å². The van der Waals surface area contributed by atoms with Gasteiger partial charge in [-0.25, -0.2) is 4.79 Å². The summed E-state index contributed by atoms with van der Waals surface area (Å²) in [4.78, 5) is 14.3. The highest BCUT2D eigenvalue weighted by Crippen LogP contribution is 2.34. The van der Waals surface area contributed by atoms with Crippen molar-refractivity contribution < 1.29 is 9.90 Å². The molecule has 4 nitrogen and oxygen atoms in total. The van der Waals surface area contributed by atoms with Gasteiger partial charge in [-0.1, -0.05) is 37.1 Å². The fraction of sp³-hybridized carbons (Fsp3) is 0.550. The van der Waals surface area contributed by atoms with Gasteiger partial charge in [0.25, 0.3) is 0 Å². The number of nitrogens with zero attached hydrogens (tertiary/aromatic N) is 2. The van der Waals surface area contributed by atoms with E-state index in [1.165, 1.54) is 32.2 Å². The van der Waals surface area contributed by atoms with Crippen molar-refractivity contribution in [3.63, 3.8) is 0 Å². The zero-order valence-electron chi connectivity index (χ0n) is 15.1. The summed E-state index contributed by atoms with van der Waals surface area (Å²) >= 11 is 6.29. The SMILES string of the molecule is CCCCN1CCC(Cc2cccc3c2c(C(=O)O)c(Cl)n3C)CC1. The third-order valence-corrected chi connectivity index (χ3v) is 5.94. The summed E-state index contributed by atoms with van der Waals surface area (Å²) in [6.07, 6.45) is 5.81. The van der Waals surface area contributed by atoms with Gasteiger partial charge in [0.2, 0.25) is 0 Å². The molecule has 5 heteroatoms. The Hall–Kier alpha value is -1.52. The minimum atomic E-state index is -0.947. The number of halogens is 1. The molecule has 1 N–H and O–H groups in total. The fourth-order valence-electron chi connectivity index (χ4n) is 4.00. The van der Waals surface area contributed by atoms with Crippen LogP contribution in [0, 0.1) is 5.92 Å². The predicted octanol–water partition coefficient (Wildman–Crippen LogP) is 4.58. The minimum absolute atomic E-state index is 0.246. The molecule has 1 aromatic heterocycles. The van der Waals surface area contributed by atoms with Crippen LogP contribution < -0.4 is 0 Å². The quantitative estimate of drug-likeness (QED) is 0.817. The number of likely N-dealkylation sites (tertiary alicyclic amines) is 1. The van der Waals surface area contributed by atoms with Crippen LogP contribution in [0.4, 0.5) is 0 Å². The molecule has 0 amide bonds. The van der Waals surface area contributed by atoms with Crippen molar-refractivity contribution in [2.24, 2.45) is 13.0 Å². The molecule has 2 aromatic rings. The molecule has 0 unspecified atom stereocenters. The molecular formula is C20H27ClN2O2. The normalized spacial score (nSPS) is 16.6. The third-order valence-electron chi connectivity index (χ3n) is 5.50. The number of aromatic carboxylic acids is 1. The lowest BCUT2D eigenvalue weighted by molar-refractivity contribution is 0.0699. The molecule has 1 aliphatic heterocycles. The smallest absolute Gasteiger partial charge is 0.339 e. The van der Waals surface area contributed by atoms with E-state index < -0.39 is 5.97 Å². The van der Waals surface area contributed by atoms with Crippen molar-refractivity contribution >= 4 is 28.5 Å². The van der Waals surface area contributed by atoms with Crippen molar-refractivity contribution in [2.45, 2.75) is 39.0 Å². The van der Waals surface area contributed by atoms with Gasteiger partial charge in [-0.15, -0.1) is 0 Å². The van der Waals surface area contributed by atoms with Crippen LogP contribution in [-0.4, -0.2) is 40.2 Å². The van der Waals surface area contributed by atoms with Gasteiger partial charge in [-0.3, -0.25) is 0 Å². The van der Waals surface area contributed by atoms with E-state index in [2.05, 4.69) is 17.9 Å². The first-order chi connectivity index (χ1) is 12.0. The van der Waals surface area contributed by atoms with Crippen LogP contribution in [0.3, 0.4) is 0 Å². The number of unbranched alkanes of at least 4 members (excludes halogenated alkanes) is 1. The van der Waals surface area contributed by atoms with Crippen LogP contribution in [0.2, 0.25) is 5.15 Å². The Labute approximate surface area is 154 Å². The molecule has 136 valence electrons. The first-order valence-electron chi connectivity index (χ1n) is 9.24. The summed E-state index contributed by atoms with van der Waals surface area (Å²) in [5, 5.41) is 10.7. The Kier molecular flexibility index (Phi) is 5.70. The van der Waals surface area contributed by atoms with E-state index in [1.54, 1.807) is 4.57 Å². The van der Waals surface area contributed by atoms with Gasteiger partial charge in [0.1, 0.15) is 10.7 Å². The Morgan fingerprint density at radius 3 is 2.68 bits per heavy atom. The average Bonchev–Trinajstić information content (AvgIpc) is 2.87. The van der Waals surface area contributed by atoms with E-state index >= 15 is 0 Å². The van der Waals surface area contributed by atoms with Gasteiger partial charge < -0.3 is 14.6 Å². The number of piperidine rings is 1. The van der Waals surface area contributed by atoms with Gasteiger partial charge in [-0.2, -0.15) is 0 Å². The molecule has 1 aliphatic rings. The second-order valence-corrected chi connectivity index (χ2v) is 7.54. The molecule has 0 atom stereocenters. The average molecular weight is 363 g/mol. The lowest BCUT2D eigenvalue weighted by Crippen LogP contribution is -2.35. The molecule has 0 spiro atoms. The minimum Gasteiger partial charge on any atom is -0.478 e. The number of hydrogen-bond donors (Lipinski definition) is 1. The van der Waals surface area contributed by atoms with Gasteiger partial charge >= 0.3 is 5.97 Å². The Morgan fingerprint density at radius 2 is 2.04 bits per heavy atom. The molecule has 3 rings (SSSR count). The van der Waals surface area contributed by atoms with Gasteiger partial charge in [0.15, 0.2) is 0 Å². The van der Waals surface area contributed by atoms with E-state index in [1.807, 2.05) is 19.2 Å². The van der Waals surface area contributed by atoms with Crippen molar-refractivity contribution in [1.29, 1.82) is 0 Å². The van der Waals surface area contributed by atoms with Crippen molar-refractivity contribution in [3.8, 4) is 0 Å². The topological polar surface area (TPSA) is 45.5 Å². The van der Waals surface area contributed by atoms with Crippen molar-refractivity contribution in [2.75, 3.05) is 19.6 Å². The molecule has 0 bridgehead atoms. The summed E-state index contributed by atoms with van der Waals surface area (Å²) in [6, 6.07) is 6.02. The largest absolute Gasteiger partial charge is 0.478 e. The van der Waals surface area contributed by atoms with Crippen LogP contribution in [0.25, 0.3) is 10.9 Å². The Balaban J connectivity index is 1.81. The molecule has 25 heavy (non-hydrogen) atoms. The highest BCUT2D eigenvalue weighted by molar-refractivity contribution is 6.35. The summed E-state index contributed by atoms with van der Waals surface area (Å²) < 4.78 is 1.77. The Morgan fingerprint density at radius 1 is 1.32 bits per heavy atom. The molecule has 1 aromatic carbocycles. The molecule has 0 aliphatic carbocycles. The van der Waals surface area contributed by atoms with E-state index in [0.717, 1.165) is 36.0 Å². The molecule has 0 radical (unpaired) electrons. The first kappa shape index (κ1) is 18.3. The fourth-order valence-corrected chi connectivity index (χ4v) is 4.27. The third kappa shape index (κ3) is 3.70. The lowest BCUT2D eigenvalue weighted by Gasteiger charge is -2.32. The number of aromatic nitrogens is 1. The van der Waals surface area contributed by atoms with E-state index in [-0.39, 0.29) is 5.56 Å². The monoisotopic (exact) mass is 362 g/mol. The second-order valence-electron chi connectivity index (χ2n) is 7.18. The number of carboxylic acids is 1. The molecular weight excluding hydrogens is 336 g/mol. The maximum Gasteiger partial charge on any atom is 0.339 e. The molecule has 0 saturated carbocycles. The zero-order chi connectivity index (χ0) is 18.0. The standard InChI is InChI=1S/C20H27ClN2O2/c1-3-4-10-23-11-8-14(9-12-23)13-15-6-5-7-16-17(15)18(20(24)25)19(21)22(16)2/h5-7,14H,3-4,8-13H2,1-2H3,(H,24,25). The van der Waals surface area contributed by atoms with Crippen LogP contribution in [0.5, 0.6) is 0 Å². The van der Waals surface area contributed by atoms with E-state index in [0.29, 0.717) is 11.1 Å². The summed E-state index contributed by atoms with van der Waals surface area (Å²) in [6.45, 7) is 5.75. The van der Waals surface area contributed by atoms with Crippen LogP contribution in [-0.2, 0) is 13.5 Å². The number of aryl methyl sites for hydroxylation is 1. The highest BCUT2D eigenvalue weighted by atomic mass is 35.5. The summed E-state index contributed by atoms with van der Waals surface area (Å²) in [5.41, 5.74) is 2.26. The maximum absolute atomic E-state index is 11.7. The van der Waals surface area contributed by atoms with Crippen LogP contribution >= 0.6 is 11.6 Å². The van der Waals surface area contributed by atoms with Gasteiger partial charge in [0.05, 0.1) is 5.52 Å². The summed E-state index contributed by atoms with van der Waals surface area (Å²) in [5.74, 6) is -0.332. The number of benzene rings is 1. The summed E-state index contributed by atoms with van der Waals surface area (Å²) in [7, 11) is 1.83. The first-order valence-corrected chi connectivity index (χ1v) is 9.62. The van der Waals surface area contributed by atoms with E-state index in [4.69, 9.17) is 11.6 Å². The Bertz CT molecular complexity index is 761. The zero-order valence-corrected chi connectivity index (χ0v) is 15.9. The number of carbonyl (C=O) groups is 1. The highest BCUT2D eigenvalue weighted by Gasteiger charge is 2.24. The molecule has 1 saturated heterocycles. The lowest BCUT2D eigenvalue weighted by atomic mass is 9.88. The number of rotatable bonds is 6. The predicted molar refractivity (Wildman–Crippen MR) is 103 cm³/mol. The maximum atomic E-state index is 11.7. The molecule has 1 fully saturated rings. The second kappa shape index (κ2) is 7.79.